The Hall–Kier alpha value is -3.67. The standard InChI is InChI=1S/C23H18N2O4/c1-4-11-25-21(27)20-18(19(26)14-12-13(2)9-10-17(14)29-20)23(25)15-7-5-6-8-16(15)24(3)22(23)28/h4-10,12H,1,11H2,2-3H3. The van der Waals surface area contributed by atoms with Gasteiger partial charge in [-0.05, 0) is 25.1 Å². The van der Waals surface area contributed by atoms with Gasteiger partial charge in [-0.3, -0.25) is 14.4 Å². The Kier molecular flexibility index (Phi) is 3.41. The maximum absolute atomic E-state index is 13.7. The van der Waals surface area contributed by atoms with E-state index in [1.165, 1.54) is 9.80 Å². The van der Waals surface area contributed by atoms with Crippen molar-refractivity contribution in [1.82, 2.24) is 4.90 Å². The Morgan fingerprint density at radius 3 is 2.66 bits per heavy atom. The van der Waals surface area contributed by atoms with Gasteiger partial charge in [-0.1, -0.05) is 35.9 Å². The van der Waals surface area contributed by atoms with Crippen LogP contribution >= 0.6 is 0 Å². The summed E-state index contributed by atoms with van der Waals surface area (Å²) in [6.45, 7) is 5.72. The van der Waals surface area contributed by atoms with E-state index in [4.69, 9.17) is 4.42 Å². The lowest BCUT2D eigenvalue weighted by atomic mass is 9.84. The molecule has 2 aromatic carbocycles. The van der Waals surface area contributed by atoms with Gasteiger partial charge < -0.3 is 14.2 Å². The van der Waals surface area contributed by atoms with Crippen LogP contribution in [0.2, 0.25) is 0 Å². The number of aryl methyl sites for hydroxylation is 1. The second kappa shape index (κ2) is 5.67. The van der Waals surface area contributed by atoms with Crippen molar-refractivity contribution in [2.24, 2.45) is 0 Å². The van der Waals surface area contributed by atoms with Crippen molar-refractivity contribution in [3.63, 3.8) is 0 Å². The fraction of sp³-hybridized carbons (Fsp3) is 0.174. The smallest absolute Gasteiger partial charge is 0.291 e. The van der Waals surface area contributed by atoms with Crippen LogP contribution in [0.25, 0.3) is 11.0 Å². The van der Waals surface area contributed by atoms with Gasteiger partial charge in [0, 0.05) is 24.8 Å². The number of hydrogen-bond acceptors (Lipinski definition) is 4. The minimum Gasteiger partial charge on any atom is -0.450 e. The molecule has 0 N–H and O–H groups in total. The van der Waals surface area contributed by atoms with Crippen LogP contribution in [0.1, 0.15) is 27.2 Å². The van der Waals surface area contributed by atoms with Crippen LogP contribution < -0.4 is 10.3 Å². The molecule has 0 fully saturated rings. The highest BCUT2D eigenvalue weighted by atomic mass is 16.3. The van der Waals surface area contributed by atoms with Crippen molar-refractivity contribution < 1.29 is 14.0 Å². The maximum Gasteiger partial charge on any atom is 0.291 e. The van der Waals surface area contributed by atoms with Gasteiger partial charge in [-0.25, -0.2) is 0 Å². The molecule has 0 bridgehead atoms. The molecule has 6 heteroatoms. The number of likely N-dealkylation sites (N-methyl/N-ethyl adjacent to an activating group) is 1. The van der Waals surface area contributed by atoms with Crippen LogP contribution in [0, 0.1) is 6.92 Å². The number of carbonyl (C=O) groups is 2. The van der Waals surface area contributed by atoms with Gasteiger partial charge in [0.05, 0.1) is 10.9 Å². The van der Waals surface area contributed by atoms with Crippen LogP contribution in [0.5, 0.6) is 0 Å². The predicted octanol–water partition coefficient (Wildman–Crippen LogP) is 2.96. The minimum absolute atomic E-state index is 0.0772. The molecule has 29 heavy (non-hydrogen) atoms. The first-order valence-electron chi connectivity index (χ1n) is 9.31. The Morgan fingerprint density at radius 1 is 1.14 bits per heavy atom. The SMILES string of the molecule is C=CCN1C(=O)c2oc3ccc(C)cc3c(=O)c2C12C(=O)N(C)c1ccccc12. The maximum atomic E-state index is 13.7. The number of carbonyl (C=O) groups excluding carboxylic acids is 2. The van der Waals surface area contributed by atoms with E-state index in [-0.39, 0.29) is 29.2 Å². The molecule has 6 nitrogen and oxygen atoms in total. The van der Waals surface area contributed by atoms with E-state index in [2.05, 4.69) is 6.58 Å². The molecule has 0 aliphatic carbocycles. The molecule has 0 radical (unpaired) electrons. The average molecular weight is 386 g/mol. The van der Waals surface area contributed by atoms with Gasteiger partial charge in [-0.2, -0.15) is 0 Å². The summed E-state index contributed by atoms with van der Waals surface area (Å²) in [6, 6.07) is 12.4. The van der Waals surface area contributed by atoms with Crippen LogP contribution in [0.15, 0.2) is 64.3 Å². The number of nitrogens with zero attached hydrogens (tertiary/aromatic N) is 2. The van der Waals surface area contributed by atoms with Gasteiger partial charge >= 0.3 is 0 Å². The van der Waals surface area contributed by atoms with Crippen molar-refractivity contribution >= 4 is 28.5 Å². The summed E-state index contributed by atoms with van der Waals surface area (Å²) >= 11 is 0. The molecular weight excluding hydrogens is 368 g/mol. The number of anilines is 1. The van der Waals surface area contributed by atoms with Crippen LogP contribution in [0.3, 0.4) is 0 Å². The van der Waals surface area contributed by atoms with Crippen LogP contribution in [0.4, 0.5) is 5.69 Å². The number of hydrogen-bond donors (Lipinski definition) is 0. The molecule has 5 rings (SSSR count). The fourth-order valence-corrected chi connectivity index (χ4v) is 4.59. The number of para-hydroxylation sites is 1. The molecule has 2 aliphatic heterocycles. The molecule has 1 spiro atoms. The van der Waals surface area contributed by atoms with E-state index in [0.29, 0.717) is 22.2 Å². The second-order valence-electron chi connectivity index (χ2n) is 7.43. The zero-order valence-electron chi connectivity index (χ0n) is 16.1. The first-order valence-corrected chi connectivity index (χ1v) is 9.31. The predicted molar refractivity (Wildman–Crippen MR) is 109 cm³/mol. The van der Waals surface area contributed by atoms with Crippen molar-refractivity contribution in [2.75, 3.05) is 18.5 Å². The van der Waals surface area contributed by atoms with Gasteiger partial charge in [-0.15, -0.1) is 6.58 Å². The summed E-state index contributed by atoms with van der Waals surface area (Å²) in [4.78, 5) is 43.5. The van der Waals surface area contributed by atoms with Gasteiger partial charge in [0.15, 0.2) is 11.0 Å². The molecule has 144 valence electrons. The molecule has 3 aromatic rings. The quantitative estimate of drug-likeness (QED) is 0.635. The van der Waals surface area contributed by atoms with Gasteiger partial charge in [0.25, 0.3) is 11.8 Å². The number of benzene rings is 2. The Balaban J connectivity index is 1.98. The van der Waals surface area contributed by atoms with Crippen molar-refractivity contribution in [3.8, 4) is 0 Å². The van der Waals surface area contributed by atoms with Crippen LogP contribution in [-0.2, 0) is 10.3 Å². The Labute approximate surface area is 166 Å². The van der Waals surface area contributed by atoms with Crippen molar-refractivity contribution in [2.45, 2.75) is 12.5 Å². The first-order chi connectivity index (χ1) is 13.9. The highest BCUT2D eigenvalue weighted by molar-refractivity contribution is 6.16. The largest absolute Gasteiger partial charge is 0.450 e. The van der Waals surface area contributed by atoms with Crippen molar-refractivity contribution in [3.05, 3.63) is 87.8 Å². The zero-order valence-corrected chi connectivity index (χ0v) is 16.1. The lowest BCUT2D eigenvalue weighted by molar-refractivity contribution is -0.125. The highest BCUT2D eigenvalue weighted by Crippen LogP contribution is 2.51. The third-order valence-electron chi connectivity index (χ3n) is 5.83. The van der Waals surface area contributed by atoms with Crippen LogP contribution in [-0.4, -0.2) is 30.3 Å². The summed E-state index contributed by atoms with van der Waals surface area (Å²) in [5.74, 6) is -0.920. The van der Waals surface area contributed by atoms with Gasteiger partial charge in [0.2, 0.25) is 5.76 Å². The number of amides is 2. The molecule has 1 unspecified atom stereocenters. The van der Waals surface area contributed by atoms with E-state index in [1.54, 1.807) is 37.4 Å². The first kappa shape index (κ1) is 17.4. The number of rotatable bonds is 2. The van der Waals surface area contributed by atoms with E-state index in [0.717, 1.165) is 5.56 Å². The van der Waals surface area contributed by atoms with Gasteiger partial charge in [0.1, 0.15) is 5.58 Å². The van der Waals surface area contributed by atoms with E-state index in [1.807, 2.05) is 25.1 Å². The lowest BCUT2D eigenvalue weighted by Gasteiger charge is -2.33. The molecule has 3 heterocycles. The molecule has 0 saturated carbocycles. The Morgan fingerprint density at radius 2 is 1.90 bits per heavy atom. The minimum atomic E-state index is -1.55. The molecule has 2 amide bonds. The average Bonchev–Trinajstić information content (AvgIpc) is 3.09. The van der Waals surface area contributed by atoms with E-state index >= 15 is 0 Å². The molecule has 1 aromatic heterocycles. The molecule has 0 saturated heterocycles. The monoisotopic (exact) mass is 386 g/mol. The third-order valence-corrected chi connectivity index (χ3v) is 5.83. The fourth-order valence-electron chi connectivity index (χ4n) is 4.59. The topological polar surface area (TPSA) is 70.8 Å². The van der Waals surface area contributed by atoms with E-state index < -0.39 is 11.4 Å². The zero-order chi connectivity index (χ0) is 20.5. The third kappa shape index (κ3) is 1.93. The Bertz CT molecular complexity index is 1310. The van der Waals surface area contributed by atoms with Crippen molar-refractivity contribution in [1.29, 1.82) is 0 Å². The second-order valence-corrected chi connectivity index (χ2v) is 7.43. The molecular formula is C23H18N2O4. The highest BCUT2D eigenvalue weighted by Gasteiger charge is 2.64. The van der Waals surface area contributed by atoms with E-state index in [9.17, 15) is 14.4 Å². The summed E-state index contributed by atoms with van der Waals surface area (Å²) in [6.07, 6.45) is 1.55. The molecule has 2 aliphatic rings. The summed E-state index contributed by atoms with van der Waals surface area (Å²) in [5.41, 5.74) is 0.658. The summed E-state index contributed by atoms with van der Waals surface area (Å²) in [7, 11) is 1.65. The number of fused-ring (bicyclic) bond motifs is 5. The lowest BCUT2D eigenvalue weighted by Crippen LogP contribution is -2.52. The normalized spacial score (nSPS) is 19.9. The molecule has 1 atom stereocenters. The summed E-state index contributed by atoms with van der Waals surface area (Å²) in [5, 5.41) is 0.358. The summed E-state index contributed by atoms with van der Waals surface area (Å²) < 4.78 is 5.92.